The number of rotatable bonds is 1. The molecule has 2 aromatic heterocycles. The number of aromatic hydroxyl groups is 1. The first-order chi connectivity index (χ1) is 13.5. The maximum absolute atomic E-state index is 13.0. The second-order valence-corrected chi connectivity index (χ2v) is 6.89. The fourth-order valence-electron chi connectivity index (χ4n) is 3.94. The van der Waals surface area contributed by atoms with Crippen molar-refractivity contribution in [1.82, 2.24) is 14.5 Å². The molecule has 0 saturated carbocycles. The van der Waals surface area contributed by atoms with E-state index in [2.05, 4.69) is 15.3 Å². The molecule has 3 heterocycles. The summed E-state index contributed by atoms with van der Waals surface area (Å²) >= 11 is 0. The van der Waals surface area contributed by atoms with Crippen LogP contribution in [0.4, 0.5) is 11.5 Å². The van der Waals surface area contributed by atoms with Crippen molar-refractivity contribution in [1.29, 1.82) is 0 Å². The first-order valence-electron chi connectivity index (χ1n) is 8.84. The summed E-state index contributed by atoms with van der Waals surface area (Å²) in [6.45, 7) is 3.74. The van der Waals surface area contributed by atoms with E-state index < -0.39 is 0 Å². The van der Waals surface area contributed by atoms with Crippen molar-refractivity contribution in [3.8, 4) is 22.7 Å². The van der Waals surface area contributed by atoms with Crippen molar-refractivity contribution in [2.45, 2.75) is 13.8 Å². The standard InChI is InChI=1S/C21H17N5O2/c1-10-7-8-14(27)11(2)18(10)26-19(22)16-15-17(23-9-24-20(15)26)12-5-3-4-6-13(12)25-21(16)28/h3-9,27H,22H2,1-2H3,(H,25,28). The van der Waals surface area contributed by atoms with Crippen LogP contribution in [-0.4, -0.2) is 25.5 Å². The van der Waals surface area contributed by atoms with Crippen LogP contribution in [0.1, 0.15) is 21.5 Å². The number of anilines is 2. The van der Waals surface area contributed by atoms with Gasteiger partial charge >= 0.3 is 0 Å². The molecule has 1 amide bonds. The van der Waals surface area contributed by atoms with Gasteiger partial charge in [-0.25, -0.2) is 9.97 Å². The van der Waals surface area contributed by atoms with Crippen LogP contribution in [0.2, 0.25) is 0 Å². The molecule has 0 aliphatic carbocycles. The van der Waals surface area contributed by atoms with E-state index in [9.17, 15) is 9.90 Å². The number of nitrogens with two attached hydrogens (primary N) is 1. The number of nitrogen functional groups attached to an aromatic ring is 1. The lowest BCUT2D eigenvalue weighted by atomic mass is 10.1. The molecule has 0 fully saturated rings. The smallest absolute Gasteiger partial charge is 0.260 e. The van der Waals surface area contributed by atoms with Gasteiger partial charge in [-0.15, -0.1) is 0 Å². The van der Waals surface area contributed by atoms with E-state index in [0.29, 0.717) is 39.2 Å². The molecular weight excluding hydrogens is 354 g/mol. The summed E-state index contributed by atoms with van der Waals surface area (Å²) in [7, 11) is 0. The van der Waals surface area contributed by atoms with Crippen molar-refractivity contribution in [3.63, 3.8) is 0 Å². The molecule has 28 heavy (non-hydrogen) atoms. The number of fused-ring (bicyclic) bond motifs is 2. The quantitative estimate of drug-likeness (QED) is 0.474. The summed E-state index contributed by atoms with van der Waals surface area (Å²) in [5.41, 5.74) is 11.8. The summed E-state index contributed by atoms with van der Waals surface area (Å²) < 4.78 is 1.73. The third-order valence-electron chi connectivity index (χ3n) is 5.27. The van der Waals surface area contributed by atoms with Crippen LogP contribution in [0.3, 0.4) is 0 Å². The predicted octanol–water partition coefficient (Wildman–Crippen LogP) is 3.56. The van der Waals surface area contributed by atoms with E-state index in [-0.39, 0.29) is 17.5 Å². The number of aryl methyl sites for hydroxylation is 1. The van der Waals surface area contributed by atoms with Gasteiger partial charge in [0.25, 0.3) is 5.91 Å². The zero-order valence-electron chi connectivity index (χ0n) is 15.3. The molecule has 5 rings (SSSR count). The van der Waals surface area contributed by atoms with E-state index in [1.165, 1.54) is 6.33 Å². The van der Waals surface area contributed by atoms with Crippen molar-refractivity contribution in [2.24, 2.45) is 0 Å². The lowest BCUT2D eigenvalue weighted by Gasteiger charge is -2.16. The summed E-state index contributed by atoms with van der Waals surface area (Å²) in [6.07, 6.45) is 1.47. The number of nitrogens with one attached hydrogen (secondary N) is 1. The molecule has 0 spiro atoms. The molecule has 7 nitrogen and oxygen atoms in total. The third kappa shape index (κ3) is 2.01. The Bertz CT molecular complexity index is 1310. The van der Waals surface area contributed by atoms with E-state index in [1.807, 2.05) is 44.2 Å². The van der Waals surface area contributed by atoms with Crippen molar-refractivity contribution in [2.75, 3.05) is 11.1 Å². The third-order valence-corrected chi connectivity index (χ3v) is 5.27. The van der Waals surface area contributed by atoms with E-state index >= 15 is 0 Å². The molecule has 4 N–H and O–H groups in total. The Morgan fingerprint density at radius 3 is 2.71 bits per heavy atom. The first-order valence-corrected chi connectivity index (χ1v) is 8.84. The Morgan fingerprint density at radius 2 is 1.89 bits per heavy atom. The maximum atomic E-state index is 13.0. The number of carbonyl (C=O) groups excluding carboxylic acids is 1. The highest BCUT2D eigenvalue weighted by molar-refractivity contribution is 6.22. The van der Waals surface area contributed by atoms with Gasteiger partial charge in [0.15, 0.2) is 5.65 Å². The van der Waals surface area contributed by atoms with E-state index in [0.717, 1.165) is 11.1 Å². The Hall–Kier alpha value is -3.87. The number of aromatic nitrogens is 3. The average molecular weight is 371 g/mol. The van der Waals surface area contributed by atoms with Crippen LogP contribution in [0, 0.1) is 13.8 Å². The van der Waals surface area contributed by atoms with Crippen LogP contribution in [0.25, 0.3) is 28.0 Å². The number of carbonyl (C=O) groups is 1. The fraction of sp³-hybridized carbons (Fsp3) is 0.0952. The minimum Gasteiger partial charge on any atom is -0.508 e. The molecule has 0 unspecified atom stereocenters. The van der Waals surface area contributed by atoms with Gasteiger partial charge in [-0.1, -0.05) is 24.3 Å². The van der Waals surface area contributed by atoms with Crippen molar-refractivity contribution in [3.05, 3.63) is 59.4 Å². The number of phenolic OH excluding ortho intramolecular Hbond substituents is 1. The van der Waals surface area contributed by atoms with Gasteiger partial charge in [-0.2, -0.15) is 0 Å². The lowest BCUT2D eigenvalue weighted by molar-refractivity contribution is 0.102. The maximum Gasteiger partial charge on any atom is 0.260 e. The minimum atomic E-state index is -0.308. The fourth-order valence-corrected chi connectivity index (χ4v) is 3.94. The minimum absolute atomic E-state index is 0.152. The number of hydrogen-bond acceptors (Lipinski definition) is 5. The van der Waals surface area contributed by atoms with Crippen LogP contribution >= 0.6 is 0 Å². The first kappa shape index (κ1) is 16.3. The molecule has 4 aromatic rings. The summed E-state index contributed by atoms with van der Waals surface area (Å²) in [4.78, 5) is 22.0. The Balaban J connectivity index is 1.97. The highest BCUT2D eigenvalue weighted by Gasteiger charge is 2.30. The number of hydrogen-bond donors (Lipinski definition) is 3. The number of amides is 1. The average Bonchev–Trinajstić information content (AvgIpc) is 2.90. The van der Waals surface area contributed by atoms with Gasteiger partial charge in [-0.3, -0.25) is 9.36 Å². The Labute approximate surface area is 160 Å². The Kier molecular flexibility index (Phi) is 3.24. The summed E-state index contributed by atoms with van der Waals surface area (Å²) in [5.74, 6) is 0.108. The number of phenols is 1. The monoisotopic (exact) mass is 371 g/mol. The number of para-hydroxylation sites is 1. The Morgan fingerprint density at radius 1 is 1.11 bits per heavy atom. The number of nitrogens with zero attached hydrogens (tertiary/aromatic N) is 3. The molecule has 7 heteroatoms. The van der Waals surface area contributed by atoms with Crippen LogP contribution in [0.5, 0.6) is 5.75 Å². The molecule has 0 radical (unpaired) electrons. The second kappa shape index (κ2) is 5.56. The van der Waals surface area contributed by atoms with Gasteiger partial charge in [0, 0.05) is 11.1 Å². The highest BCUT2D eigenvalue weighted by atomic mass is 16.3. The number of benzene rings is 2. The SMILES string of the molecule is Cc1ccc(O)c(C)c1-n1c(N)c2c3c(ncnc31)-c1ccccc1NC2=O. The van der Waals surface area contributed by atoms with Gasteiger partial charge in [0.2, 0.25) is 0 Å². The van der Waals surface area contributed by atoms with Crippen LogP contribution in [-0.2, 0) is 0 Å². The van der Waals surface area contributed by atoms with Crippen molar-refractivity contribution < 1.29 is 9.90 Å². The van der Waals surface area contributed by atoms with Crippen LogP contribution < -0.4 is 11.1 Å². The molecule has 0 atom stereocenters. The topological polar surface area (TPSA) is 106 Å². The molecule has 2 aromatic carbocycles. The van der Waals surface area contributed by atoms with Gasteiger partial charge in [0.05, 0.1) is 28.0 Å². The molecule has 0 saturated heterocycles. The van der Waals surface area contributed by atoms with E-state index in [4.69, 9.17) is 5.73 Å². The largest absolute Gasteiger partial charge is 0.508 e. The van der Waals surface area contributed by atoms with Crippen LogP contribution in [0.15, 0.2) is 42.7 Å². The van der Waals surface area contributed by atoms with Gasteiger partial charge in [-0.05, 0) is 31.5 Å². The van der Waals surface area contributed by atoms with Gasteiger partial charge < -0.3 is 16.2 Å². The molecule has 0 bridgehead atoms. The summed E-state index contributed by atoms with van der Waals surface area (Å²) in [5, 5.41) is 13.8. The van der Waals surface area contributed by atoms with E-state index in [1.54, 1.807) is 10.6 Å². The second-order valence-electron chi connectivity index (χ2n) is 6.89. The van der Waals surface area contributed by atoms with Crippen molar-refractivity contribution >= 4 is 28.4 Å². The normalized spacial score (nSPS) is 12.6. The highest BCUT2D eigenvalue weighted by Crippen LogP contribution is 2.42. The zero-order valence-corrected chi connectivity index (χ0v) is 15.3. The predicted molar refractivity (Wildman–Crippen MR) is 108 cm³/mol. The zero-order chi connectivity index (χ0) is 19.6. The summed E-state index contributed by atoms with van der Waals surface area (Å²) in [6, 6.07) is 10.9. The lowest BCUT2D eigenvalue weighted by Crippen LogP contribution is -2.14. The molecule has 138 valence electrons. The molecule has 1 aliphatic rings. The van der Waals surface area contributed by atoms with Gasteiger partial charge in [0.1, 0.15) is 17.9 Å². The molecular formula is C21H17N5O2. The molecule has 1 aliphatic heterocycles.